The van der Waals surface area contributed by atoms with Gasteiger partial charge in [-0.05, 0) is 43.8 Å². The number of aliphatic carboxylic acids is 2. The molecule has 0 unspecified atom stereocenters. The lowest BCUT2D eigenvalue weighted by Crippen LogP contribution is -2.57. The second kappa shape index (κ2) is 13.2. The van der Waals surface area contributed by atoms with Crippen LogP contribution in [0.25, 0.3) is 11.3 Å². The standard InChI is InChI=1S/C23H26N4OS.2C2HF3O2/c1-17-5-7-18(8-6-17)19-16-24-22-23(25(2)13-14-27(19)22)9-11-26(12-10-23)21(28)20-4-3-15-29-20;2*3-2(4,5)1(6)7/h3-8,15-16H,9-14H2,1-2H3;2*(H,6,7). The first-order valence-corrected chi connectivity index (χ1v) is 13.6. The van der Waals surface area contributed by atoms with Gasteiger partial charge in [0.25, 0.3) is 5.91 Å². The molecule has 0 saturated carbocycles. The van der Waals surface area contributed by atoms with Gasteiger partial charge in [-0.2, -0.15) is 26.3 Å². The Bertz CT molecular complexity index is 1390. The molecule has 2 aliphatic heterocycles. The summed E-state index contributed by atoms with van der Waals surface area (Å²) in [6.07, 6.45) is -6.29. The van der Waals surface area contributed by atoms with Gasteiger partial charge in [-0.3, -0.25) is 9.69 Å². The highest BCUT2D eigenvalue weighted by Crippen LogP contribution is 2.41. The fourth-order valence-electron chi connectivity index (χ4n) is 4.80. The number of halogens is 6. The predicted molar refractivity (Wildman–Crippen MR) is 144 cm³/mol. The number of hydrogen-bond acceptors (Lipinski definition) is 6. The van der Waals surface area contributed by atoms with Crippen molar-refractivity contribution >= 4 is 29.2 Å². The van der Waals surface area contributed by atoms with Crippen molar-refractivity contribution in [2.45, 2.75) is 44.2 Å². The second-order valence-electron chi connectivity index (χ2n) is 9.81. The van der Waals surface area contributed by atoms with Crippen LogP contribution in [-0.2, 0) is 21.7 Å². The molecule has 2 aromatic heterocycles. The first-order valence-electron chi connectivity index (χ1n) is 12.7. The summed E-state index contributed by atoms with van der Waals surface area (Å²) in [7, 11) is 2.21. The van der Waals surface area contributed by atoms with Crippen molar-refractivity contribution in [1.29, 1.82) is 0 Å². The average Bonchev–Trinajstić information content (AvgIpc) is 3.62. The number of alkyl halides is 6. The van der Waals surface area contributed by atoms with E-state index in [-0.39, 0.29) is 11.4 Å². The lowest BCUT2D eigenvalue weighted by Gasteiger charge is -2.49. The number of fused-ring (bicyclic) bond motifs is 2. The number of rotatable bonds is 2. The number of carboxylic acid groups (broad SMARTS) is 2. The van der Waals surface area contributed by atoms with Crippen LogP contribution in [0.1, 0.15) is 33.9 Å². The number of likely N-dealkylation sites (tertiary alicyclic amines) is 1. The molecule has 16 heteroatoms. The zero-order valence-electron chi connectivity index (χ0n) is 22.9. The third-order valence-corrected chi connectivity index (χ3v) is 7.96. The van der Waals surface area contributed by atoms with Crippen molar-refractivity contribution in [2.24, 2.45) is 0 Å². The molecule has 1 spiro atoms. The molecule has 1 aromatic carbocycles. The Balaban J connectivity index is 0.000000303. The highest BCUT2D eigenvalue weighted by Gasteiger charge is 2.46. The third-order valence-electron chi connectivity index (χ3n) is 7.10. The smallest absolute Gasteiger partial charge is 0.475 e. The molecule has 0 radical (unpaired) electrons. The van der Waals surface area contributed by atoms with Crippen LogP contribution in [0.3, 0.4) is 0 Å². The summed E-state index contributed by atoms with van der Waals surface area (Å²) in [4.78, 5) is 40.8. The van der Waals surface area contributed by atoms with Crippen LogP contribution < -0.4 is 0 Å². The number of amides is 1. The van der Waals surface area contributed by atoms with Gasteiger partial charge in [-0.15, -0.1) is 11.3 Å². The molecule has 4 heterocycles. The molecule has 0 aliphatic carbocycles. The molecule has 5 rings (SSSR count). The zero-order valence-corrected chi connectivity index (χ0v) is 23.8. The van der Waals surface area contributed by atoms with Crippen LogP contribution in [0.15, 0.2) is 48.0 Å². The van der Waals surface area contributed by atoms with Gasteiger partial charge in [0.05, 0.1) is 22.3 Å². The molecule has 0 bridgehead atoms. The molecule has 9 nitrogen and oxygen atoms in total. The fraction of sp³-hybridized carbons (Fsp3) is 0.407. The Morgan fingerprint density at radius 2 is 1.42 bits per heavy atom. The van der Waals surface area contributed by atoms with E-state index in [4.69, 9.17) is 24.8 Å². The first kappa shape index (κ1) is 33.6. The number of likely N-dealkylation sites (N-methyl/N-ethyl adjacent to an activating group) is 1. The van der Waals surface area contributed by atoms with Gasteiger partial charge in [0.15, 0.2) is 0 Å². The lowest BCUT2D eigenvalue weighted by molar-refractivity contribution is -0.193. The molecule has 1 amide bonds. The normalized spacial score (nSPS) is 16.3. The highest BCUT2D eigenvalue weighted by atomic mass is 32.1. The third kappa shape index (κ3) is 7.93. The van der Waals surface area contributed by atoms with Crippen LogP contribution in [-0.4, -0.2) is 86.4 Å². The number of aryl methyl sites for hydroxylation is 1. The Kier molecular flexibility index (Phi) is 10.3. The molecule has 1 fully saturated rings. The van der Waals surface area contributed by atoms with E-state index in [1.165, 1.54) is 28.2 Å². The van der Waals surface area contributed by atoms with Gasteiger partial charge >= 0.3 is 24.3 Å². The van der Waals surface area contributed by atoms with Crippen molar-refractivity contribution < 1.29 is 50.9 Å². The minimum atomic E-state index is -5.08. The number of nitrogens with zero attached hydrogens (tertiary/aromatic N) is 4. The number of piperidine rings is 1. The SMILES string of the molecule is Cc1ccc(-c2cnc3n2CCN(C)C32CCN(C(=O)c3cccs3)CC2)cc1.O=C(O)C(F)(F)F.O=C(O)C(F)(F)F. The molecule has 2 N–H and O–H groups in total. The summed E-state index contributed by atoms with van der Waals surface area (Å²) < 4.78 is 65.9. The molecule has 3 aromatic rings. The highest BCUT2D eigenvalue weighted by molar-refractivity contribution is 7.12. The quantitative estimate of drug-likeness (QED) is 0.370. The molecule has 0 atom stereocenters. The number of carboxylic acids is 2. The minimum absolute atomic E-state index is 0.0899. The fourth-order valence-corrected chi connectivity index (χ4v) is 5.49. The van der Waals surface area contributed by atoms with Crippen molar-refractivity contribution in [3.05, 3.63) is 64.2 Å². The van der Waals surface area contributed by atoms with E-state index in [9.17, 15) is 31.1 Å². The van der Waals surface area contributed by atoms with Gasteiger partial charge in [0.2, 0.25) is 0 Å². The summed E-state index contributed by atoms with van der Waals surface area (Å²) in [5.74, 6) is -4.19. The number of carbonyl (C=O) groups excluding carboxylic acids is 1. The molecule has 43 heavy (non-hydrogen) atoms. The van der Waals surface area contributed by atoms with Crippen molar-refractivity contribution in [1.82, 2.24) is 19.4 Å². The van der Waals surface area contributed by atoms with E-state index >= 15 is 0 Å². The van der Waals surface area contributed by atoms with Crippen molar-refractivity contribution in [3.63, 3.8) is 0 Å². The second-order valence-corrected chi connectivity index (χ2v) is 10.8. The van der Waals surface area contributed by atoms with E-state index in [0.717, 1.165) is 49.7 Å². The largest absolute Gasteiger partial charge is 0.490 e. The van der Waals surface area contributed by atoms with Gasteiger partial charge in [0, 0.05) is 26.2 Å². The molecule has 1 saturated heterocycles. The lowest BCUT2D eigenvalue weighted by atomic mass is 9.83. The predicted octanol–water partition coefficient (Wildman–Crippen LogP) is 5.26. The molecular formula is C27H28F6N4O5S. The molecular weight excluding hydrogens is 606 g/mol. The number of thiophene rings is 1. The monoisotopic (exact) mass is 634 g/mol. The maximum absolute atomic E-state index is 12.8. The Morgan fingerprint density at radius 1 is 0.884 bits per heavy atom. The maximum atomic E-state index is 12.8. The summed E-state index contributed by atoms with van der Waals surface area (Å²) in [6.45, 7) is 5.61. The van der Waals surface area contributed by atoms with Gasteiger partial charge < -0.3 is 19.7 Å². The van der Waals surface area contributed by atoms with E-state index in [0.29, 0.717) is 0 Å². The first-order chi connectivity index (χ1) is 20.0. The van der Waals surface area contributed by atoms with Gasteiger partial charge in [-0.25, -0.2) is 14.6 Å². The van der Waals surface area contributed by atoms with Crippen LogP contribution in [0.5, 0.6) is 0 Å². The number of hydrogen-bond donors (Lipinski definition) is 2. The Morgan fingerprint density at radius 3 is 1.88 bits per heavy atom. The van der Waals surface area contributed by atoms with Crippen molar-refractivity contribution in [2.75, 3.05) is 26.7 Å². The minimum Gasteiger partial charge on any atom is -0.475 e. The number of carbonyl (C=O) groups is 3. The molecule has 234 valence electrons. The van der Waals surface area contributed by atoms with Crippen LogP contribution in [0, 0.1) is 6.92 Å². The Labute approximate surface area is 246 Å². The van der Waals surface area contributed by atoms with Gasteiger partial charge in [-0.1, -0.05) is 35.9 Å². The number of benzene rings is 1. The maximum Gasteiger partial charge on any atom is 0.490 e. The Hall–Kier alpha value is -3.92. The zero-order chi connectivity index (χ0) is 32.2. The van der Waals surface area contributed by atoms with Crippen LogP contribution >= 0.6 is 11.3 Å². The van der Waals surface area contributed by atoms with E-state index < -0.39 is 24.3 Å². The average molecular weight is 635 g/mol. The summed E-state index contributed by atoms with van der Waals surface area (Å²) >= 11 is 1.52. The topological polar surface area (TPSA) is 116 Å². The van der Waals surface area contributed by atoms with Crippen LogP contribution in [0.2, 0.25) is 0 Å². The summed E-state index contributed by atoms with van der Waals surface area (Å²) in [6, 6.07) is 12.6. The van der Waals surface area contributed by atoms with E-state index in [2.05, 4.69) is 47.7 Å². The van der Waals surface area contributed by atoms with Gasteiger partial charge in [0.1, 0.15) is 5.82 Å². The van der Waals surface area contributed by atoms with E-state index in [1.54, 1.807) is 0 Å². The van der Waals surface area contributed by atoms with E-state index in [1.807, 2.05) is 28.6 Å². The summed E-state index contributed by atoms with van der Waals surface area (Å²) in [5.41, 5.74) is 3.60. The number of imidazole rings is 1. The summed E-state index contributed by atoms with van der Waals surface area (Å²) in [5, 5.41) is 16.2. The molecule has 2 aliphatic rings. The van der Waals surface area contributed by atoms with Crippen molar-refractivity contribution in [3.8, 4) is 11.3 Å². The van der Waals surface area contributed by atoms with Crippen LogP contribution in [0.4, 0.5) is 26.3 Å². The number of aromatic nitrogens is 2.